The second kappa shape index (κ2) is 4.40. The van der Waals surface area contributed by atoms with E-state index in [4.69, 9.17) is 0 Å². The van der Waals surface area contributed by atoms with Crippen LogP contribution in [-0.2, 0) is 0 Å². The quantitative estimate of drug-likeness (QED) is 0.847. The van der Waals surface area contributed by atoms with E-state index in [0.29, 0.717) is 5.39 Å². The molecule has 0 aliphatic carbocycles. The first kappa shape index (κ1) is 10.1. The summed E-state index contributed by atoms with van der Waals surface area (Å²) >= 11 is 3.31. The Hall–Kier alpha value is -1.42. The summed E-state index contributed by atoms with van der Waals surface area (Å²) in [7, 11) is 0. The van der Waals surface area contributed by atoms with E-state index in [1.165, 1.54) is 6.33 Å². The molecule has 76 valence electrons. The zero-order valence-electron chi connectivity index (χ0n) is 7.90. The summed E-state index contributed by atoms with van der Waals surface area (Å²) in [5, 5.41) is 1.43. The highest BCUT2D eigenvalue weighted by molar-refractivity contribution is 9.09. The monoisotopic (exact) mass is 264 g/mol. The molecular formula is C11H9BrN2O. The number of benzene rings is 1. The van der Waals surface area contributed by atoms with Gasteiger partial charge in [0.2, 0.25) is 0 Å². The average Bonchev–Trinajstić information content (AvgIpc) is 2.26. The van der Waals surface area contributed by atoms with Crippen LogP contribution < -0.4 is 5.56 Å². The van der Waals surface area contributed by atoms with E-state index in [2.05, 4.69) is 25.9 Å². The van der Waals surface area contributed by atoms with Crippen molar-refractivity contribution in [3.8, 4) is 0 Å². The minimum Gasteiger partial charge on any atom is -0.313 e. The molecule has 0 spiro atoms. The van der Waals surface area contributed by atoms with Crippen LogP contribution in [0.4, 0.5) is 0 Å². The third-order valence-electron chi connectivity index (χ3n) is 2.07. The molecule has 15 heavy (non-hydrogen) atoms. The summed E-state index contributed by atoms with van der Waals surface area (Å²) in [6, 6.07) is 5.58. The molecule has 1 heterocycles. The van der Waals surface area contributed by atoms with E-state index in [-0.39, 0.29) is 5.56 Å². The SMILES string of the molecule is O=c1[nH]cnc2cc(C=CCBr)ccc12. The first-order valence-electron chi connectivity index (χ1n) is 4.51. The van der Waals surface area contributed by atoms with Gasteiger partial charge in [0.15, 0.2) is 0 Å². The van der Waals surface area contributed by atoms with Crippen molar-refractivity contribution in [2.45, 2.75) is 0 Å². The van der Waals surface area contributed by atoms with Crippen molar-refractivity contribution in [2.75, 3.05) is 5.33 Å². The van der Waals surface area contributed by atoms with Crippen LogP contribution in [0.25, 0.3) is 17.0 Å². The zero-order chi connectivity index (χ0) is 10.7. The topological polar surface area (TPSA) is 45.8 Å². The van der Waals surface area contributed by atoms with Gasteiger partial charge in [-0.05, 0) is 17.7 Å². The molecular weight excluding hydrogens is 256 g/mol. The van der Waals surface area contributed by atoms with Gasteiger partial charge in [0.05, 0.1) is 17.2 Å². The van der Waals surface area contributed by atoms with Crippen molar-refractivity contribution in [1.82, 2.24) is 9.97 Å². The number of aromatic amines is 1. The predicted octanol–water partition coefficient (Wildman–Crippen LogP) is 2.33. The maximum absolute atomic E-state index is 11.4. The molecule has 0 radical (unpaired) electrons. The van der Waals surface area contributed by atoms with Gasteiger partial charge < -0.3 is 4.98 Å². The first-order valence-corrected chi connectivity index (χ1v) is 5.63. The van der Waals surface area contributed by atoms with Gasteiger partial charge in [0.25, 0.3) is 5.56 Å². The molecule has 0 amide bonds. The molecule has 1 aromatic heterocycles. The van der Waals surface area contributed by atoms with Crippen LogP contribution in [0.3, 0.4) is 0 Å². The lowest BCUT2D eigenvalue weighted by Crippen LogP contribution is -2.05. The lowest BCUT2D eigenvalue weighted by molar-refractivity contribution is 1.17. The van der Waals surface area contributed by atoms with Gasteiger partial charge >= 0.3 is 0 Å². The summed E-state index contributed by atoms with van der Waals surface area (Å²) in [4.78, 5) is 18.0. The fraction of sp³-hybridized carbons (Fsp3) is 0.0909. The molecule has 2 aromatic rings. The van der Waals surface area contributed by atoms with Gasteiger partial charge in [-0.3, -0.25) is 4.79 Å². The summed E-state index contributed by atoms with van der Waals surface area (Å²) in [6.07, 6.45) is 5.40. The lowest BCUT2D eigenvalue weighted by atomic mass is 10.1. The number of fused-ring (bicyclic) bond motifs is 1. The average molecular weight is 265 g/mol. The van der Waals surface area contributed by atoms with Crippen molar-refractivity contribution in [2.24, 2.45) is 0 Å². The van der Waals surface area contributed by atoms with Crippen LogP contribution in [0.5, 0.6) is 0 Å². The largest absolute Gasteiger partial charge is 0.313 e. The fourth-order valence-electron chi connectivity index (χ4n) is 1.37. The van der Waals surface area contributed by atoms with Crippen LogP contribution in [0, 0.1) is 0 Å². The Bertz CT molecular complexity index is 560. The van der Waals surface area contributed by atoms with Crippen LogP contribution in [0.15, 0.2) is 35.4 Å². The molecule has 0 aliphatic rings. The van der Waals surface area contributed by atoms with Crippen LogP contribution in [-0.4, -0.2) is 15.3 Å². The zero-order valence-corrected chi connectivity index (χ0v) is 9.49. The third-order valence-corrected chi connectivity index (χ3v) is 2.44. The van der Waals surface area contributed by atoms with Gasteiger partial charge in [-0.1, -0.05) is 34.1 Å². The summed E-state index contributed by atoms with van der Waals surface area (Å²) in [5.41, 5.74) is 1.66. The van der Waals surface area contributed by atoms with Gasteiger partial charge in [0.1, 0.15) is 0 Å². The van der Waals surface area contributed by atoms with E-state index >= 15 is 0 Å². The van der Waals surface area contributed by atoms with Crippen molar-refractivity contribution >= 4 is 32.9 Å². The molecule has 0 aliphatic heterocycles. The molecule has 0 saturated heterocycles. The summed E-state index contributed by atoms with van der Waals surface area (Å²) < 4.78 is 0. The highest BCUT2D eigenvalue weighted by Crippen LogP contribution is 2.10. The summed E-state index contributed by atoms with van der Waals surface area (Å²) in [6.45, 7) is 0. The van der Waals surface area contributed by atoms with Crippen molar-refractivity contribution in [1.29, 1.82) is 0 Å². The Labute approximate surface area is 95.0 Å². The van der Waals surface area contributed by atoms with Gasteiger partial charge in [-0.25, -0.2) is 4.98 Å². The minimum atomic E-state index is -0.101. The fourth-order valence-corrected chi connectivity index (χ4v) is 1.56. The first-order chi connectivity index (χ1) is 7.31. The molecule has 0 saturated carbocycles. The maximum atomic E-state index is 11.4. The Morgan fingerprint density at radius 2 is 2.33 bits per heavy atom. The number of halogens is 1. The van der Waals surface area contributed by atoms with Crippen LogP contribution in [0.1, 0.15) is 5.56 Å². The molecule has 3 nitrogen and oxygen atoms in total. The van der Waals surface area contributed by atoms with Gasteiger partial charge in [-0.15, -0.1) is 0 Å². The highest BCUT2D eigenvalue weighted by atomic mass is 79.9. The maximum Gasteiger partial charge on any atom is 0.258 e. The van der Waals surface area contributed by atoms with Crippen LogP contribution >= 0.6 is 15.9 Å². The van der Waals surface area contributed by atoms with Crippen LogP contribution in [0.2, 0.25) is 0 Å². The Kier molecular flexibility index (Phi) is 2.97. The number of alkyl halides is 1. The number of nitrogens with one attached hydrogen (secondary N) is 1. The molecule has 2 rings (SSSR count). The lowest BCUT2D eigenvalue weighted by Gasteiger charge is -1.97. The number of hydrogen-bond donors (Lipinski definition) is 1. The molecule has 0 atom stereocenters. The van der Waals surface area contributed by atoms with Crippen molar-refractivity contribution in [3.05, 3.63) is 46.5 Å². The van der Waals surface area contributed by atoms with E-state index in [0.717, 1.165) is 16.4 Å². The predicted molar refractivity (Wildman–Crippen MR) is 65.2 cm³/mol. The highest BCUT2D eigenvalue weighted by Gasteiger charge is 1.98. The molecule has 1 aromatic carbocycles. The molecule has 4 heteroatoms. The number of allylic oxidation sites excluding steroid dienone is 1. The van der Waals surface area contributed by atoms with Crippen molar-refractivity contribution < 1.29 is 0 Å². The normalized spacial score (nSPS) is 11.3. The summed E-state index contributed by atoms with van der Waals surface area (Å²) in [5.74, 6) is 0. The van der Waals surface area contributed by atoms with Gasteiger partial charge in [0, 0.05) is 5.33 Å². The molecule has 0 fully saturated rings. The smallest absolute Gasteiger partial charge is 0.258 e. The Morgan fingerprint density at radius 3 is 3.13 bits per heavy atom. The molecule has 0 unspecified atom stereocenters. The Morgan fingerprint density at radius 1 is 1.47 bits per heavy atom. The number of H-pyrrole nitrogens is 1. The molecule has 1 N–H and O–H groups in total. The number of aromatic nitrogens is 2. The van der Waals surface area contributed by atoms with Crippen molar-refractivity contribution in [3.63, 3.8) is 0 Å². The minimum absolute atomic E-state index is 0.101. The standard InChI is InChI=1S/C11H9BrN2O/c12-5-1-2-8-3-4-9-10(6-8)13-7-14-11(9)15/h1-4,6-7H,5H2,(H,13,14,15). The van der Waals surface area contributed by atoms with E-state index in [9.17, 15) is 4.79 Å². The van der Waals surface area contributed by atoms with E-state index < -0.39 is 0 Å². The van der Waals surface area contributed by atoms with E-state index in [1.54, 1.807) is 6.07 Å². The number of nitrogens with zero attached hydrogens (tertiary/aromatic N) is 1. The molecule has 0 bridgehead atoms. The number of rotatable bonds is 2. The third kappa shape index (κ3) is 2.15. The second-order valence-corrected chi connectivity index (χ2v) is 3.71. The second-order valence-electron chi connectivity index (χ2n) is 3.06. The number of hydrogen-bond acceptors (Lipinski definition) is 2. The van der Waals surface area contributed by atoms with Gasteiger partial charge in [-0.2, -0.15) is 0 Å². The van der Waals surface area contributed by atoms with E-state index in [1.807, 2.05) is 24.3 Å². The Balaban J connectivity index is 2.57.